The Kier molecular flexibility index (Phi) is 6.98. The van der Waals surface area contributed by atoms with Crippen molar-refractivity contribution in [3.05, 3.63) is 65.2 Å². The zero-order valence-electron chi connectivity index (χ0n) is 15.9. The van der Waals surface area contributed by atoms with E-state index in [0.717, 1.165) is 17.5 Å². The lowest BCUT2D eigenvalue weighted by molar-refractivity contribution is 0.237. The van der Waals surface area contributed by atoms with Crippen LogP contribution >= 0.6 is 0 Å². The van der Waals surface area contributed by atoms with E-state index in [1.165, 1.54) is 17.7 Å². The van der Waals surface area contributed by atoms with Crippen molar-refractivity contribution in [2.45, 2.75) is 44.7 Å². The number of carbonyl (C=O) groups excluding carboxylic acids is 1. The van der Waals surface area contributed by atoms with Gasteiger partial charge in [-0.2, -0.15) is 0 Å². The van der Waals surface area contributed by atoms with E-state index in [0.29, 0.717) is 5.92 Å². The Morgan fingerprint density at radius 1 is 0.963 bits per heavy atom. The molecule has 0 heterocycles. The first-order chi connectivity index (χ1) is 12.6. The van der Waals surface area contributed by atoms with Crippen molar-refractivity contribution in [1.82, 2.24) is 10.6 Å². The van der Waals surface area contributed by atoms with Crippen LogP contribution in [0.25, 0.3) is 0 Å². The van der Waals surface area contributed by atoms with Gasteiger partial charge in [-0.3, -0.25) is 0 Å². The van der Waals surface area contributed by atoms with Crippen molar-refractivity contribution in [2.75, 3.05) is 0 Å². The Labute approximate surface area is 161 Å². The van der Waals surface area contributed by atoms with Crippen molar-refractivity contribution >= 4 is 16.1 Å². The number of benzene rings is 2. The molecule has 2 amide bonds. The summed E-state index contributed by atoms with van der Waals surface area (Å²) in [6.07, 6.45) is 1.03. The second kappa shape index (κ2) is 9.01. The molecule has 2 aromatic carbocycles. The number of nitrogens with one attached hydrogen (secondary N) is 2. The summed E-state index contributed by atoms with van der Waals surface area (Å²) in [4.78, 5) is 12.1. The quantitative estimate of drug-likeness (QED) is 0.678. The Hall–Kier alpha value is -2.38. The van der Waals surface area contributed by atoms with Crippen LogP contribution in [-0.2, 0) is 23.0 Å². The van der Waals surface area contributed by atoms with E-state index in [-0.39, 0.29) is 23.5 Å². The van der Waals surface area contributed by atoms with Crippen LogP contribution in [0.15, 0.2) is 53.4 Å². The van der Waals surface area contributed by atoms with E-state index >= 15 is 0 Å². The van der Waals surface area contributed by atoms with Gasteiger partial charge in [0, 0.05) is 6.54 Å². The predicted octanol–water partition coefficient (Wildman–Crippen LogP) is 3.09. The van der Waals surface area contributed by atoms with E-state index in [2.05, 4.69) is 36.6 Å². The molecule has 0 aliphatic rings. The molecule has 4 N–H and O–H groups in total. The standard InChI is InChI=1S/C20H27N3O3S/c1-14(2)12-16-4-8-18(9-5-16)15(3)23-20(24)22-13-17-6-10-19(11-7-17)27(21,25)26/h4-11,14-15H,12-13H2,1-3H3,(H2,21,25,26)(H2,22,23,24). The van der Waals surface area contributed by atoms with E-state index in [4.69, 9.17) is 5.14 Å². The molecular weight excluding hydrogens is 362 g/mol. The van der Waals surface area contributed by atoms with Crippen LogP contribution in [0, 0.1) is 5.92 Å². The number of primary sulfonamides is 1. The van der Waals surface area contributed by atoms with Crippen LogP contribution < -0.4 is 15.8 Å². The molecule has 0 radical (unpaired) electrons. The van der Waals surface area contributed by atoms with Gasteiger partial charge in [-0.25, -0.2) is 18.4 Å². The lowest BCUT2D eigenvalue weighted by atomic mass is 10.00. The van der Waals surface area contributed by atoms with Gasteiger partial charge in [-0.15, -0.1) is 0 Å². The molecule has 1 unspecified atom stereocenters. The molecule has 1 atom stereocenters. The first-order valence-electron chi connectivity index (χ1n) is 8.90. The molecule has 0 fully saturated rings. The van der Waals surface area contributed by atoms with Gasteiger partial charge in [-0.05, 0) is 48.1 Å². The average Bonchev–Trinajstić information content (AvgIpc) is 2.59. The van der Waals surface area contributed by atoms with Crippen LogP contribution in [0.1, 0.15) is 43.5 Å². The van der Waals surface area contributed by atoms with Crippen molar-refractivity contribution in [3.8, 4) is 0 Å². The normalized spacial score (nSPS) is 12.6. The third-order valence-electron chi connectivity index (χ3n) is 4.18. The number of urea groups is 1. The molecule has 0 bridgehead atoms. The number of rotatable bonds is 7. The van der Waals surface area contributed by atoms with Crippen molar-refractivity contribution < 1.29 is 13.2 Å². The molecule has 0 spiro atoms. The van der Waals surface area contributed by atoms with E-state index < -0.39 is 10.0 Å². The number of nitrogens with two attached hydrogens (primary N) is 1. The molecule has 0 saturated carbocycles. The summed E-state index contributed by atoms with van der Waals surface area (Å²) in [5, 5.41) is 10.7. The lowest BCUT2D eigenvalue weighted by Gasteiger charge is -2.16. The lowest BCUT2D eigenvalue weighted by Crippen LogP contribution is -2.36. The molecule has 0 aliphatic heterocycles. The topological polar surface area (TPSA) is 101 Å². The van der Waals surface area contributed by atoms with E-state index in [1.54, 1.807) is 12.1 Å². The minimum absolute atomic E-state index is 0.0465. The number of hydrogen-bond donors (Lipinski definition) is 3. The second-order valence-electron chi connectivity index (χ2n) is 7.08. The smallest absolute Gasteiger partial charge is 0.315 e. The van der Waals surface area contributed by atoms with Gasteiger partial charge in [-0.1, -0.05) is 50.2 Å². The van der Waals surface area contributed by atoms with Crippen LogP contribution in [0.3, 0.4) is 0 Å². The highest BCUT2D eigenvalue weighted by molar-refractivity contribution is 7.89. The molecule has 2 aromatic rings. The van der Waals surface area contributed by atoms with Gasteiger partial charge in [0.1, 0.15) is 0 Å². The molecule has 146 valence electrons. The van der Waals surface area contributed by atoms with Gasteiger partial charge in [0.15, 0.2) is 0 Å². The first-order valence-corrected chi connectivity index (χ1v) is 10.4. The summed E-state index contributed by atoms with van der Waals surface area (Å²) in [5.74, 6) is 0.608. The Balaban J connectivity index is 1.86. The molecule has 27 heavy (non-hydrogen) atoms. The summed E-state index contributed by atoms with van der Waals surface area (Å²) < 4.78 is 22.5. The highest BCUT2D eigenvalue weighted by Gasteiger charge is 2.10. The van der Waals surface area contributed by atoms with Gasteiger partial charge >= 0.3 is 6.03 Å². The van der Waals surface area contributed by atoms with Crippen molar-refractivity contribution in [2.24, 2.45) is 11.1 Å². The average molecular weight is 390 g/mol. The fourth-order valence-electron chi connectivity index (χ4n) is 2.72. The van der Waals surface area contributed by atoms with Crippen LogP contribution in [0.5, 0.6) is 0 Å². The van der Waals surface area contributed by atoms with E-state index in [1.807, 2.05) is 19.1 Å². The summed E-state index contributed by atoms with van der Waals surface area (Å²) in [6.45, 7) is 6.59. The minimum Gasteiger partial charge on any atom is -0.334 e. The molecule has 6 nitrogen and oxygen atoms in total. The van der Waals surface area contributed by atoms with Gasteiger partial charge in [0.25, 0.3) is 0 Å². The van der Waals surface area contributed by atoms with E-state index in [9.17, 15) is 13.2 Å². The number of sulfonamides is 1. The zero-order chi connectivity index (χ0) is 20.0. The highest BCUT2D eigenvalue weighted by atomic mass is 32.2. The summed E-state index contributed by atoms with van der Waals surface area (Å²) in [5.41, 5.74) is 3.10. The minimum atomic E-state index is -3.71. The number of carbonyl (C=O) groups is 1. The number of hydrogen-bond acceptors (Lipinski definition) is 3. The van der Waals surface area contributed by atoms with Gasteiger partial charge < -0.3 is 10.6 Å². The molecule has 2 rings (SSSR count). The zero-order valence-corrected chi connectivity index (χ0v) is 16.7. The van der Waals surface area contributed by atoms with Crippen LogP contribution in [0.4, 0.5) is 4.79 Å². The molecule has 0 aliphatic carbocycles. The Morgan fingerprint density at radius 3 is 2.04 bits per heavy atom. The molecule has 0 saturated heterocycles. The summed E-state index contributed by atoms with van der Waals surface area (Å²) in [7, 11) is -3.71. The molecule has 0 aromatic heterocycles. The predicted molar refractivity (Wildman–Crippen MR) is 107 cm³/mol. The molecular formula is C20H27N3O3S. The van der Waals surface area contributed by atoms with Crippen LogP contribution in [-0.4, -0.2) is 14.4 Å². The maximum Gasteiger partial charge on any atom is 0.315 e. The SMILES string of the molecule is CC(C)Cc1ccc(C(C)NC(=O)NCc2ccc(S(N)(=O)=O)cc2)cc1. The monoisotopic (exact) mass is 389 g/mol. The second-order valence-corrected chi connectivity index (χ2v) is 8.64. The Bertz CT molecular complexity index is 860. The van der Waals surface area contributed by atoms with Crippen LogP contribution in [0.2, 0.25) is 0 Å². The first kappa shape index (κ1) is 20.9. The van der Waals surface area contributed by atoms with Crippen molar-refractivity contribution in [1.29, 1.82) is 0 Å². The Morgan fingerprint density at radius 2 is 1.52 bits per heavy atom. The maximum absolute atomic E-state index is 12.1. The fourth-order valence-corrected chi connectivity index (χ4v) is 3.24. The van der Waals surface area contributed by atoms with Gasteiger partial charge in [0.2, 0.25) is 10.0 Å². The highest BCUT2D eigenvalue weighted by Crippen LogP contribution is 2.15. The number of amides is 2. The summed E-state index contributed by atoms with van der Waals surface area (Å²) in [6, 6.07) is 13.9. The third-order valence-corrected chi connectivity index (χ3v) is 5.11. The fraction of sp³-hybridized carbons (Fsp3) is 0.350. The van der Waals surface area contributed by atoms with Crippen molar-refractivity contribution in [3.63, 3.8) is 0 Å². The largest absolute Gasteiger partial charge is 0.334 e. The summed E-state index contributed by atoms with van der Waals surface area (Å²) >= 11 is 0. The molecule has 7 heteroatoms. The van der Waals surface area contributed by atoms with Gasteiger partial charge in [0.05, 0.1) is 10.9 Å². The third kappa shape index (κ3) is 6.69. The maximum atomic E-state index is 12.1.